The molecule has 0 bridgehead atoms. The molecule has 33 heavy (non-hydrogen) atoms. The lowest BCUT2D eigenvalue weighted by Gasteiger charge is -2.14. The van der Waals surface area contributed by atoms with Crippen LogP contribution in [0.5, 0.6) is 11.5 Å². The first-order chi connectivity index (χ1) is 15.9. The van der Waals surface area contributed by atoms with Gasteiger partial charge in [-0.3, -0.25) is 5.43 Å². The number of hydrogen-bond acceptors (Lipinski definition) is 7. The summed E-state index contributed by atoms with van der Waals surface area (Å²) in [7, 11) is 3.20. The Bertz CT molecular complexity index is 1190. The number of methoxy groups -OCH3 is 2. The van der Waals surface area contributed by atoms with E-state index in [9.17, 15) is 5.26 Å². The quantitative estimate of drug-likeness (QED) is 0.217. The molecule has 0 spiro atoms. The number of benzene rings is 2. The Balaban J connectivity index is 1.77. The fourth-order valence-corrected chi connectivity index (χ4v) is 3.96. The molecule has 1 aromatic heterocycles. The molecule has 0 fully saturated rings. The Morgan fingerprint density at radius 1 is 1.12 bits per heavy atom. The molecule has 1 N–H and O–H groups in total. The second-order valence-electron chi connectivity index (χ2n) is 7.37. The molecule has 3 rings (SSSR count). The number of ether oxygens (including phenoxy) is 3. The van der Waals surface area contributed by atoms with Crippen LogP contribution in [0, 0.1) is 28.7 Å². The Morgan fingerprint density at radius 3 is 2.55 bits per heavy atom. The number of hydrazone groups is 1. The van der Waals surface area contributed by atoms with Gasteiger partial charge in [0.15, 0.2) is 17.3 Å². The van der Waals surface area contributed by atoms with E-state index in [-0.39, 0.29) is 0 Å². The van der Waals surface area contributed by atoms with Crippen LogP contribution in [0.1, 0.15) is 33.5 Å². The predicted molar refractivity (Wildman–Crippen MR) is 137 cm³/mol. The van der Waals surface area contributed by atoms with Crippen LogP contribution in [-0.2, 0) is 18.0 Å². The molecule has 0 atom stereocenters. The molecule has 0 aliphatic rings. The van der Waals surface area contributed by atoms with Gasteiger partial charge in [0, 0.05) is 18.4 Å². The van der Waals surface area contributed by atoms with Gasteiger partial charge in [-0.2, -0.15) is 10.4 Å². The average Bonchev–Trinajstić information content (AvgIpc) is 2.79. The van der Waals surface area contributed by atoms with Crippen molar-refractivity contribution in [2.75, 3.05) is 19.6 Å². The monoisotopic (exact) mass is 556 g/mol. The zero-order valence-electron chi connectivity index (χ0n) is 19.0. The first kappa shape index (κ1) is 24.5. The summed E-state index contributed by atoms with van der Waals surface area (Å²) in [6, 6.07) is 16.0. The summed E-state index contributed by atoms with van der Waals surface area (Å²) in [6.07, 6.45) is 1.65. The Kier molecular flexibility index (Phi) is 8.63. The zero-order valence-corrected chi connectivity index (χ0v) is 21.1. The number of nitrogens with zero attached hydrogens (tertiary/aromatic N) is 3. The van der Waals surface area contributed by atoms with Crippen molar-refractivity contribution in [1.82, 2.24) is 4.98 Å². The largest absolute Gasteiger partial charge is 0.493 e. The van der Waals surface area contributed by atoms with Crippen LogP contribution in [0.25, 0.3) is 0 Å². The fourth-order valence-electron chi connectivity index (χ4n) is 3.18. The van der Waals surface area contributed by atoms with E-state index in [1.807, 2.05) is 37.3 Å². The van der Waals surface area contributed by atoms with Crippen molar-refractivity contribution in [2.24, 2.45) is 5.10 Å². The van der Waals surface area contributed by atoms with E-state index in [4.69, 9.17) is 14.2 Å². The molecule has 0 saturated heterocycles. The highest BCUT2D eigenvalue weighted by Gasteiger charge is 2.13. The van der Waals surface area contributed by atoms with Crippen LogP contribution >= 0.6 is 22.6 Å². The molecule has 0 saturated carbocycles. The number of hydrogen-bond donors (Lipinski definition) is 1. The van der Waals surface area contributed by atoms with Crippen molar-refractivity contribution in [3.05, 3.63) is 79.5 Å². The van der Waals surface area contributed by atoms with Gasteiger partial charge in [0.25, 0.3) is 0 Å². The number of nitriles is 1. The molecule has 8 heteroatoms. The SMILES string of the molecule is COCc1cc(C)nc(N/N=C\c2cc(I)c(OCc3ccc(C)cc3)c(OC)c2)c1C#N. The Hall–Kier alpha value is -3.16. The smallest absolute Gasteiger partial charge is 0.174 e. The van der Waals surface area contributed by atoms with E-state index < -0.39 is 0 Å². The first-order valence-corrected chi connectivity index (χ1v) is 11.3. The minimum atomic E-state index is 0.324. The van der Waals surface area contributed by atoms with E-state index in [1.54, 1.807) is 20.4 Å². The maximum atomic E-state index is 9.55. The highest BCUT2D eigenvalue weighted by atomic mass is 127. The zero-order chi connectivity index (χ0) is 23.8. The molecule has 0 aliphatic heterocycles. The van der Waals surface area contributed by atoms with Crippen molar-refractivity contribution in [1.29, 1.82) is 5.26 Å². The van der Waals surface area contributed by atoms with Crippen molar-refractivity contribution in [3.63, 3.8) is 0 Å². The third-order valence-electron chi connectivity index (χ3n) is 4.78. The molecule has 0 radical (unpaired) electrons. The number of rotatable bonds is 9. The maximum absolute atomic E-state index is 9.55. The molecule has 0 aliphatic carbocycles. The lowest BCUT2D eigenvalue weighted by atomic mass is 10.1. The molecule has 7 nitrogen and oxygen atoms in total. The Morgan fingerprint density at radius 2 is 1.88 bits per heavy atom. The molecule has 2 aromatic carbocycles. The van der Waals surface area contributed by atoms with Gasteiger partial charge in [0.05, 0.1) is 23.5 Å². The summed E-state index contributed by atoms with van der Waals surface area (Å²) in [5.41, 5.74) is 7.93. The molecule has 1 heterocycles. The highest BCUT2D eigenvalue weighted by molar-refractivity contribution is 14.1. The topological polar surface area (TPSA) is 88.8 Å². The standard InChI is InChI=1S/C25H25IN4O3/c1-16-5-7-18(8-6-16)14-33-24-22(26)10-19(11-23(24)32-4)13-28-30-25-21(12-27)20(15-31-3)9-17(2)29-25/h5-11,13H,14-15H2,1-4H3,(H,29,30)/b28-13-. The van der Waals surface area contributed by atoms with Crippen molar-refractivity contribution in [3.8, 4) is 17.6 Å². The van der Waals surface area contributed by atoms with Crippen molar-refractivity contribution < 1.29 is 14.2 Å². The van der Waals surface area contributed by atoms with Crippen LogP contribution in [0.3, 0.4) is 0 Å². The minimum absolute atomic E-state index is 0.324. The van der Waals surface area contributed by atoms with Gasteiger partial charge in [0.2, 0.25) is 0 Å². The van der Waals surface area contributed by atoms with Crippen LogP contribution in [-0.4, -0.2) is 25.4 Å². The third-order valence-corrected chi connectivity index (χ3v) is 5.58. The van der Waals surface area contributed by atoms with Gasteiger partial charge in [-0.1, -0.05) is 29.8 Å². The van der Waals surface area contributed by atoms with Crippen molar-refractivity contribution in [2.45, 2.75) is 27.1 Å². The molecule has 0 amide bonds. The number of halogens is 1. The Labute approximate surface area is 207 Å². The second-order valence-corrected chi connectivity index (χ2v) is 8.53. The number of aryl methyl sites for hydroxylation is 2. The lowest BCUT2D eigenvalue weighted by molar-refractivity contribution is 0.184. The van der Waals surface area contributed by atoms with Crippen LogP contribution in [0.15, 0.2) is 47.6 Å². The van der Waals surface area contributed by atoms with Gasteiger partial charge in [-0.05, 0) is 65.8 Å². The van der Waals surface area contributed by atoms with E-state index >= 15 is 0 Å². The summed E-state index contributed by atoms with van der Waals surface area (Å²) < 4.78 is 17.7. The van der Waals surface area contributed by atoms with Crippen LogP contribution in [0.2, 0.25) is 0 Å². The second kappa shape index (κ2) is 11.6. The summed E-state index contributed by atoms with van der Waals surface area (Å²) in [5.74, 6) is 1.69. The van der Waals surface area contributed by atoms with Gasteiger partial charge >= 0.3 is 0 Å². The van der Waals surface area contributed by atoms with Gasteiger partial charge in [0.1, 0.15) is 18.2 Å². The summed E-state index contributed by atoms with van der Waals surface area (Å²) in [6.45, 7) is 4.68. The van der Waals surface area contributed by atoms with E-state index in [0.717, 1.165) is 26.0 Å². The van der Waals surface area contributed by atoms with Crippen molar-refractivity contribution >= 4 is 34.6 Å². The average molecular weight is 556 g/mol. The molecule has 170 valence electrons. The summed E-state index contributed by atoms with van der Waals surface area (Å²) >= 11 is 2.22. The number of aromatic nitrogens is 1. The molecular formula is C25H25IN4O3. The van der Waals surface area contributed by atoms with Gasteiger partial charge in [-0.25, -0.2) is 4.98 Å². The number of anilines is 1. The van der Waals surface area contributed by atoms with E-state index in [0.29, 0.717) is 36.1 Å². The molecule has 3 aromatic rings. The maximum Gasteiger partial charge on any atom is 0.174 e. The van der Waals surface area contributed by atoms with Gasteiger partial charge in [-0.15, -0.1) is 0 Å². The normalized spacial score (nSPS) is 10.8. The van der Waals surface area contributed by atoms with E-state index in [1.165, 1.54) is 5.56 Å². The van der Waals surface area contributed by atoms with Crippen LogP contribution in [0.4, 0.5) is 5.82 Å². The molecule has 0 unspecified atom stereocenters. The first-order valence-electron chi connectivity index (χ1n) is 10.2. The summed E-state index contributed by atoms with van der Waals surface area (Å²) in [4.78, 5) is 4.39. The summed E-state index contributed by atoms with van der Waals surface area (Å²) in [5, 5.41) is 13.8. The highest BCUT2D eigenvalue weighted by Crippen LogP contribution is 2.34. The van der Waals surface area contributed by atoms with Gasteiger partial charge < -0.3 is 14.2 Å². The van der Waals surface area contributed by atoms with E-state index in [2.05, 4.69) is 63.2 Å². The lowest BCUT2D eigenvalue weighted by Crippen LogP contribution is -2.04. The minimum Gasteiger partial charge on any atom is -0.493 e. The number of nitrogens with one attached hydrogen (secondary N) is 1. The van der Waals surface area contributed by atoms with Crippen LogP contribution < -0.4 is 14.9 Å². The third kappa shape index (κ3) is 6.43. The molecular weight excluding hydrogens is 531 g/mol. The fraction of sp³-hybridized carbons (Fsp3) is 0.240. The predicted octanol–water partition coefficient (Wildman–Crippen LogP) is 5.35. The number of pyridine rings is 1.